The Kier molecular flexibility index (Phi) is 7.61. The Balaban J connectivity index is 1.13. The molecular formula is C52H33NS2. The van der Waals surface area contributed by atoms with Crippen LogP contribution in [0.1, 0.15) is 0 Å². The molecule has 9 aromatic carbocycles. The van der Waals surface area contributed by atoms with E-state index in [9.17, 15) is 0 Å². The Morgan fingerprint density at radius 2 is 0.673 bits per heavy atom. The van der Waals surface area contributed by atoms with Gasteiger partial charge in [0.15, 0.2) is 0 Å². The van der Waals surface area contributed by atoms with Crippen LogP contribution in [0, 0.1) is 0 Å². The molecule has 0 saturated carbocycles. The van der Waals surface area contributed by atoms with E-state index in [2.05, 4.69) is 205 Å². The molecular weight excluding hydrogens is 703 g/mol. The maximum Gasteiger partial charge on any atom is 0.0547 e. The van der Waals surface area contributed by atoms with Crippen LogP contribution in [0.3, 0.4) is 0 Å². The third kappa shape index (κ3) is 5.35. The lowest BCUT2D eigenvalue weighted by atomic mass is 9.97. The van der Waals surface area contributed by atoms with Gasteiger partial charge in [0.1, 0.15) is 0 Å². The molecule has 11 rings (SSSR count). The molecule has 11 aromatic rings. The van der Waals surface area contributed by atoms with E-state index in [0.29, 0.717) is 0 Å². The van der Waals surface area contributed by atoms with Crippen molar-refractivity contribution in [2.75, 3.05) is 4.90 Å². The highest BCUT2D eigenvalue weighted by molar-refractivity contribution is 7.30. The number of fused-ring (bicyclic) bond motifs is 10. The maximum atomic E-state index is 2.46. The Bertz CT molecular complexity index is 3160. The molecule has 0 atom stereocenters. The summed E-state index contributed by atoms with van der Waals surface area (Å²) in [7, 11) is 0. The van der Waals surface area contributed by atoms with Gasteiger partial charge in [-0.25, -0.2) is 0 Å². The molecule has 3 heteroatoms. The summed E-state index contributed by atoms with van der Waals surface area (Å²) < 4.78 is 5.36. The number of thiophene rings is 2. The fourth-order valence-electron chi connectivity index (χ4n) is 8.26. The topological polar surface area (TPSA) is 3.24 Å². The zero-order valence-corrected chi connectivity index (χ0v) is 31.4. The lowest BCUT2D eigenvalue weighted by molar-refractivity contribution is 1.30. The summed E-state index contributed by atoms with van der Waals surface area (Å²) in [6.07, 6.45) is 0. The first-order chi connectivity index (χ1) is 27.3. The first-order valence-corrected chi connectivity index (χ1v) is 20.3. The van der Waals surface area contributed by atoms with E-state index in [-0.39, 0.29) is 0 Å². The van der Waals surface area contributed by atoms with Crippen molar-refractivity contribution >= 4 is 90.9 Å². The smallest absolute Gasteiger partial charge is 0.0547 e. The molecule has 0 aliphatic carbocycles. The Hall–Kier alpha value is -6.52. The quantitative estimate of drug-likeness (QED) is 0.164. The zero-order chi connectivity index (χ0) is 36.3. The normalized spacial score (nSPS) is 11.6. The van der Waals surface area contributed by atoms with Gasteiger partial charge in [0.25, 0.3) is 0 Å². The van der Waals surface area contributed by atoms with Gasteiger partial charge in [0.05, 0.1) is 5.69 Å². The summed E-state index contributed by atoms with van der Waals surface area (Å²) in [5, 5.41) is 7.96. The Morgan fingerprint density at radius 1 is 0.273 bits per heavy atom. The van der Waals surface area contributed by atoms with Crippen molar-refractivity contribution in [3.8, 4) is 33.4 Å². The van der Waals surface area contributed by atoms with E-state index in [1.54, 1.807) is 0 Å². The van der Waals surface area contributed by atoms with Gasteiger partial charge in [-0.15, -0.1) is 22.7 Å². The minimum atomic E-state index is 1.12. The van der Waals surface area contributed by atoms with Crippen LogP contribution in [-0.2, 0) is 0 Å². The molecule has 0 N–H and O–H groups in total. The molecule has 2 heterocycles. The van der Waals surface area contributed by atoms with Crippen LogP contribution in [0.15, 0.2) is 200 Å². The molecule has 258 valence electrons. The fraction of sp³-hybridized carbons (Fsp3) is 0. The molecule has 0 aliphatic heterocycles. The molecule has 0 saturated heterocycles. The van der Waals surface area contributed by atoms with Gasteiger partial charge < -0.3 is 4.90 Å². The van der Waals surface area contributed by atoms with Gasteiger partial charge in [-0.3, -0.25) is 0 Å². The van der Waals surface area contributed by atoms with Crippen LogP contribution < -0.4 is 4.90 Å². The van der Waals surface area contributed by atoms with Gasteiger partial charge in [0.2, 0.25) is 0 Å². The maximum absolute atomic E-state index is 2.46. The molecule has 0 fully saturated rings. The monoisotopic (exact) mass is 735 g/mol. The number of hydrogen-bond acceptors (Lipinski definition) is 3. The van der Waals surface area contributed by atoms with Crippen molar-refractivity contribution in [3.05, 3.63) is 200 Å². The minimum Gasteiger partial charge on any atom is -0.310 e. The van der Waals surface area contributed by atoms with Gasteiger partial charge in [-0.2, -0.15) is 0 Å². The van der Waals surface area contributed by atoms with Gasteiger partial charge in [-0.05, 0) is 75.8 Å². The van der Waals surface area contributed by atoms with E-state index in [1.165, 1.54) is 90.2 Å². The third-order valence-corrected chi connectivity index (χ3v) is 13.3. The average molecular weight is 736 g/mol. The zero-order valence-electron chi connectivity index (χ0n) is 29.8. The summed E-state index contributed by atoms with van der Waals surface area (Å²) in [6, 6.07) is 73.0. The molecule has 0 unspecified atom stereocenters. The number of nitrogens with zero attached hydrogens (tertiary/aromatic N) is 1. The third-order valence-electron chi connectivity index (χ3n) is 10.9. The molecule has 0 aliphatic rings. The van der Waals surface area contributed by atoms with Crippen LogP contribution in [0.4, 0.5) is 17.1 Å². The van der Waals surface area contributed by atoms with Gasteiger partial charge >= 0.3 is 0 Å². The standard InChI is InChI=1S/C52H33NS2/c1-3-12-34(13-4-1)36-22-24-37(25-23-36)39-28-32-41(33-29-39)53(40-30-26-38(27-31-40)35-14-5-2-6-15-35)45-19-11-18-44-48(45)49-42-16-7-9-20-46(42)55-52(49)50-43-17-8-10-21-47(43)54-51(44)50/h1-33H. The van der Waals surface area contributed by atoms with E-state index in [0.717, 1.165) is 11.4 Å². The summed E-state index contributed by atoms with van der Waals surface area (Å²) in [6.45, 7) is 0. The molecule has 1 nitrogen and oxygen atoms in total. The number of anilines is 3. The number of rotatable bonds is 6. The number of hydrogen-bond donors (Lipinski definition) is 0. The predicted molar refractivity (Wildman–Crippen MR) is 241 cm³/mol. The Morgan fingerprint density at radius 3 is 1.20 bits per heavy atom. The molecule has 0 spiro atoms. The SMILES string of the molecule is c1ccc(-c2ccc(-c3ccc(N(c4ccc(-c5ccccc5)cc4)c4cccc5c6sc7ccccc7c6c6sc7ccccc7c6c45)cc3)cc2)cc1. The molecule has 0 radical (unpaired) electrons. The van der Waals surface area contributed by atoms with E-state index >= 15 is 0 Å². The highest BCUT2D eigenvalue weighted by Crippen LogP contribution is 2.52. The van der Waals surface area contributed by atoms with Crippen LogP contribution in [0.2, 0.25) is 0 Å². The fourth-order valence-corrected chi connectivity index (χ4v) is 10.8. The number of benzene rings is 9. The average Bonchev–Trinajstić information content (AvgIpc) is 3.85. The second-order valence-electron chi connectivity index (χ2n) is 14.0. The molecule has 2 aromatic heterocycles. The Labute approximate surface area is 327 Å². The van der Waals surface area contributed by atoms with Crippen molar-refractivity contribution in [1.82, 2.24) is 0 Å². The highest BCUT2D eigenvalue weighted by atomic mass is 32.1. The van der Waals surface area contributed by atoms with Gasteiger partial charge in [-0.1, -0.05) is 158 Å². The first-order valence-electron chi connectivity index (χ1n) is 18.7. The second kappa shape index (κ2) is 13.1. The summed E-state index contributed by atoms with van der Waals surface area (Å²) >= 11 is 3.84. The van der Waals surface area contributed by atoms with Crippen molar-refractivity contribution in [1.29, 1.82) is 0 Å². The molecule has 0 amide bonds. The van der Waals surface area contributed by atoms with Crippen molar-refractivity contribution in [2.45, 2.75) is 0 Å². The largest absolute Gasteiger partial charge is 0.310 e. The van der Waals surface area contributed by atoms with Crippen molar-refractivity contribution in [2.24, 2.45) is 0 Å². The predicted octanol–water partition coefficient (Wildman–Crippen LogP) is 16.0. The van der Waals surface area contributed by atoms with Crippen molar-refractivity contribution < 1.29 is 0 Å². The molecule has 55 heavy (non-hydrogen) atoms. The van der Waals surface area contributed by atoms with Crippen LogP contribution in [-0.4, -0.2) is 0 Å². The van der Waals surface area contributed by atoms with Crippen LogP contribution in [0.5, 0.6) is 0 Å². The van der Waals surface area contributed by atoms with Gasteiger partial charge in [0, 0.05) is 62.5 Å². The summed E-state index contributed by atoms with van der Waals surface area (Å²) in [4.78, 5) is 2.46. The van der Waals surface area contributed by atoms with Crippen molar-refractivity contribution in [3.63, 3.8) is 0 Å². The molecule has 0 bridgehead atoms. The lowest BCUT2D eigenvalue weighted by Gasteiger charge is -2.28. The van der Waals surface area contributed by atoms with Crippen LogP contribution >= 0.6 is 22.7 Å². The second-order valence-corrected chi connectivity index (χ2v) is 16.1. The minimum absolute atomic E-state index is 1.12. The van der Waals surface area contributed by atoms with E-state index in [1.807, 2.05) is 22.7 Å². The first kappa shape index (κ1) is 32.0. The highest BCUT2D eigenvalue weighted by Gasteiger charge is 2.23. The summed E-state index contributed by atoms with van der Waals surface area (Å²) in [5.74, 6) is 0. The summed E-state index contributed by atoms with van der Waals surface area (Å²) in [5.41, 5.74) is 10.7. The van der Waals surface area contributed by atoms with E-state index < -0.39 is 0 Å². The lowest BCUT2D eigenvalue weighted by Crippen LogP contribution is -2.10. The van der Waals surface area contributed by atoms with Crippen LogP contribution in [0.25, 0.3) is 84.5 Å². The van der Waals surface area contributed by atoms with E-state index in [4.69, 9.17) is 0 Å².